The van der Waals surface area contributed by atoms with E-state index in [4.69, 9.17) is 4.98 Å². The van der Waals surface area contributed by atoms with E-state index >= 15 is 0 Å². The number of carbonyl (C=O) groups excluding carboxylic acids is 1. The average molecular weight is 446 g/mol. The Kier molecular flexibility index (Phi) is 6.22. The van der Waals surface area contributed by atoms with Crippen LogP contribution in [0.2, 0.25) is 0 Å². The number of hydrogen-bond acceptors (Lipinski definition) is 6. The molecule has 3 aromatic rings. The molecule has 152 valence electrons. The Balaban J connectivity index is 1.57. The number of amides is 1. The minimum Gasteiger partial charge on any atom is -0.348 e. The summed E-state index contributed by atoms with van der Waals surface area (Å²) in [6.45, 7) is 6.15. The lowest BCUT2D eigenvalue weighted by atomic mass is 9.97. The molecule has 1 N–H and O–H groups in total. The number of nitrogens with one attached hydrogen (secondary N) is 1. The minimum atomic E-state index is -0.0686. The predicted molar refractivity (Wildman–Crippen MR) is 122 cm³/mol. The maximum absolute atomic E-state index is 13.2. The molecule has 1 unspecified atom stereocenters. The van der Waals surface area contributed by atoms with Crippen LogP contribution in [-0.4, -0.2) is 21.2 Å². The van der Waals surface area contributed by atoms with Gasteiger partial charge in [-0.25, -0.2) is 4.98 Å². The number of hydrogen-bond donors (Lipinski definition) is 1. The molecule has 5 nitrogen and oxygen atoms in total. The third-order valence-electron chi connectivity index (χ3n) is 5.03. The molecule has 1 aliphatic rings. The van der Waals surface area contributed by atoms with E-state index < -0.39 is 0 Å². The van der Waals surface area contributed by atoms with Gasteiger partial charge in [-0.15, -0.1) is 29.3 Å². The second-order valence-electron chi connectivity index (χ2n) is 7.08. The van der Waals surface area contributed by atoms with Crippen LogP contribution in [-0.2, 0) is 24.2 Å². The Bertz CT molecular complexity index is 1100. The number of rotatable bonds is 7. The molecule has 8 heteroatoms. The molecule has 0 bridgehead atoms. The Morgan fingerprint density at radius 2 is 2.28 bits per heavy atom. The van der Waals surface area contributed by atoms with E-state index in [0.29, 0.717) is 11.7 Å². The molecule has 0 radical (unpaired) electrons. The number of thioether (sulfide) groups is 1. The fourth-order valence-corrected chi connectivity index (χ4v) is 6.50. The number of thiophene rings is 2. The first-order valence-electron chi connectivity index (χ1n) is 9.70. The standard InChI is InChI=1S/C21H23N3O2S3/c1-3-10-24-20(26)18-14-7-4-5-8-16(14)29-19(18)23-21(24)28-12-17(25)22-13(2)15-9-6-11-27-15/h3,6,9,11,13H,1,4-5,7-8,10,12H2,2H3,(H,22,25). The van der Waals surface area contributed by atoms with Crippen LogP contribution in [0.5, 0.6) is 0 Å². The zero-order valence-corrected chi connectivity index (χ0v) is 18.7. The summed E-state index contributed by atoms with van der Waals surface area (Å²) in [6.07, 6.45) is 5.99. The molecule has 1 aliphatic carbocycles. The highest BCUT2D eigenvalue weighted by molar-refractivity contribution is 7.99. The van der Waals surface area contributed by atoms with Gasteiger partial charge in [-0.2, -0.15) is 0 Å². The van der Waals surface area contributed by atoms with E-state index in [9.17, 15) is 9.59 Å². The van der Waals surface area contributed by atoms with Crippen molar-refractivity contribution >= 4 is 50.6 Å². The molecular weight excluding hydrogens is 422 g/mol. The van der Waals surface area contributed by atoms with Crippen molar-refractivity contribution in [1.29, 1.82) is 0 Å². The summed E-state index contributed by atoms with van der Waals surface area (Å²) in [5.41, 5.74) is 1.18. The number of fused-ring (bicyclic) bond motifs is 3. The maximum Gasteiger partial charge on any atom is 0.263 e. The van der Waals surface area contributed by atoms with Gasteiger partial charge in [0, 0.05) is 16.3 Å². The van der Waals surface area contributed by atoms with Crippen LogP contribution in [0.15, 0.2) is 40.1 Å². The van der Waals surface area contributed by atoms with E-state index in [-0.39, 0.29) is 23.3 Å². The second-order valence-corrected chi connectivity index (χ2v) is 10.1. The van der Waals surface area contributed by atoms with Crippen LogP contribution in [0.1, 0.15) is 41.1 Å². The molecule has 1 atom stereocenters. The van der Waals surface area contributed by atoms with Gasteiger partial charge in [-0.05, 0) is 49.6 Å². The van der Waals surface area contributed by atoms with Gasteiger partial charge in [0.15, 0.2) is 5.16 Å². The number of allylic oxidation sites excluding steroid dienone is 1. The van der Waals surface area contributed by atoms with Gasteiger partial charge >= 0.3 is 0 Å². The third-order valence-corrected chi connectivity index (χ3v) is 8.25. The van der Waals surface area contributed by atoms with Gasteiger partial charge in [0.1, 0.15) is 4.83 Å². The fraction of sp³-hybridized carbons (Fsp3) is 0.381. The van der Waals surface area contributed by atoms with Crippen molar-refractivity contribution in [3.63, 3.8) is 0 Å². The highest BCUT2D eigenvalue weighted by Gasteiger charge is 2.22. The molecule has 3 heterocycles. The smallest absolute Gasteiger partial charge is 0.263 e. The average Bonchev–Trinajstić information content (AvgIpc) is 3.36. The van der Waals surface area contributed by atoms with Crippen LogP contribution >= 0.6 is 34.4 Å². The van der Waals surface area contributed by atoms with E-state index in [1.54, 1.807) is 33.3 Å². The Morgan fingerprint density at radius 3 is 3.03 bits per heavy atom. The van der Waals surface area contributed by atoms with Gasteiger partial charge in [-0.1, -0.05) is 23.9 Å². The molecule has 3 aromatic heterocycles. The number of carbonyl (C=O) groups is 1. The van der Waals surface area contributed by atoms with Crippen molar-refractivity contribution in [3.05, 3.63) is 55.8 Å². The van der Waals surface area contributed by atoms with Crippen LogP contribution in [0.4, 0.5) is 0 Å². The highest BCUT2D eigenvalue weighted by Crippen LogP contribution is 2.34. The predicted octanol–water partition coefficient (Wildman–Crippen LogP) is 4.55. The zero-order chi connectivity index (χ0) is 20.4. The van der Waals surface area contributed by atoms with Crippen molar-refractivity contribution in [2.75, 3.05) is 5.75 Å². The molecule has 0 aliphatic heterocycles. The van der Waals surface area contributed by atoms with Crippen LogP contribution < -0.4 is 10.9 Å². The summed E-state index contributed by atoms with van der Waals surface area (Å²) in [5, 5.41) is 6.37. The first kappa shape index (κ1) is 20.4. The number of aryl methyl sites for hydroxylation is 2. The number of aromatic nitrogens is 2. The Hall–Kier alpha value is -1.90. The molecular formula is C21H23N3O2S3. The summed E-state index contributed by atoms with van der Waals surface area (Å²) in [4.78, 5) is 33.7. The zero-order valence-electron chi connectivity index (χ0n) is 16.3. The summed E-state index contributed by atoms with van der Waals surface area (Å²) in [7, 11) is 0. The summed E-state index contributed by atoms with van der Waals surface area (Å²) >= 11 is 4.57. The first-order valence-corrected chi connectivity index (χ1v) is 12.4. The molecule has 4 rings (SSSR count). The van der Waals surface area contributed by atoms with Crippen LogP contribution in [0.3, 0.4) is 0 Å². The molecule has 1 amide bonds. The normalized spacial score (nSPS) is 14.5. The molecule has 0 saturated heterocycles. The van der Waals surface area contributed by atoms with Crippen molar-refractivity contribution in [2.45, 2.75) is 50.4 Å². The quantitative estimate of drug-likeness (QED) is 0.329. The molecule has 29 heavy (non-hydrogen) atoms. The van der Waals surface area contributed by atoms with Gasteiger partial charge < -0.3 is 5.32 Å². The largest absolute Gasteiger partial charge is 0.348 e. The highest BCUT2D eigenvalue weighted by atomic mass is 32.2. The lowest BCUT2D eigenvalue weighted by Gasteiger charge is -2.14. The molecule has 0 spiro atoms. The van der Waals surface area contributed by atoms with Crippen molar-refractivity contribution in [1.82, 2.24) is 14.9 Å². The minimum absolute atomic E-state index is 0.0100. The van der Waals surface area contributed by atoms with Gasteiger partial charge in [0.25, 0.3) is 5.56 Å². The molecule has 0 fully saturated rings. The van der Waals surface area contributed by atoms with Crippen molar-refractivity contribution in [3.8, 4) is 0 Å². The summed E-state index contributed by atoms with van der Waals surface area (Å²) in [5.74, 6) is 0.150. The molecule has 0 aromatic carbocycles. The van der Waals surface area contributed by atoms with Gasteiger partial charge in [-0.3, -0.25) is 14.2 Å². The second kappa shape index (κ2) is 8.85. The van der Waals surface area contributed by atoms with E-state index in [2.05, 4.69) is 11.9 Å². The van der Waals surface area contributed by atoms with Gasteiger partial charge in [0.05, 0.1) is 17.2 Å². The summed E-state index contributed by atoms with van der Waals surface area (Å²) < 4.78 is 1.65. The maximum atomic E-state index is 13.2. The SMILES string of the molecule is C=CCn1c(SCC(=O)NC(C)c2cccs2)nc2sc3c(c2c1=O)CCCC3. The Labute approximate surface area is 181 Å². The van der Waals surface area contributed by atoms with Crippen LogP contribution in [0, 0.1) is 0 Å². The Morgan fingerprint density at radius 1 is 1.45 bits per heavy atom. The van der Waals surface area contributed by atoms with E-state index in [1.165, 1.54) is 28.6 Å². The molecule has 0 saturated carbocycles. The lowest BCUT2D eigenvalue weighted by Crippen LogP contribution is -2.28. The van der Waals surface area contributed by atoms with E-state index in [0.717, 1.165) is 34.4 Å². The van der Waals surface area contributed by atoms with Crippen molar-refractivity contribution < 1.29 is 4.79 Å². The fourth-order valence-electron chi connectivity index (χ4n) is 3.64. The first-order chi connectivity index (χ1) is 14.1. The van der Waals surface area contributed by atoms with Crippen molar-refractivity contribution in [2.24, 2.45) is 0 Å². The van der Waals surface area contributed by atoms with Gasteiger partial charge in [0.2, 0.25) is 5.91 Å². The number of nitrogens with zero attached hydrogens (tertiary/aromatic N) is 2. The monoisotopic (exact) mass is 445 g/mol. The topological polar surface area (TPSA) is 64.0 Å². The summed E-state index contributed by atoms with van der Waals surface area (Å²) in [6, 6.07) is 3.96. The van der Waals surface area contributed by atoms with E-state index in [1.807, 2.05) is 24.4 Å². The van der Waals surface area contributed by atoms with Crippen LogP contribution in [0.25, 0.3) is 10.2 Å². The third kappa shape index (κ3) is 4.20. The lowest BCUT2D eigenvalue weighted by molar-refractivity contribution is -0.119.